The van der Waals surface area contributed by atoms with Crippen LogP contribution in [0.3, 0.4) is 0 Å². The van der Waals surface area contributed by atoms with E-state index in [4.69, 9.17) is 0 Å². The summed E-state index contributed by atoms with van der Waals surface area (Å²) in [5.74, 6) is 0. The Labute approximate surface area is 89.1 Å². The van der Waals surface area contributed by atoms with Crippen LogP contribution in [0.1, 0.15) is 26.5 Å². The van der Waals surface area contributed by atoms with Gasteiger partial charge in [-0.15, -0.1) is 0 Å². The first-order valence-corrected chi connectivity index (χ1v) is 5.18. The molecule has 1 heterocycles. The Morgan fingerprint density at radius 2 is 1.83 bits per heavy atom. The highest BCUT2D eigenvalue weighted by Crippen LogP contribution is 2.26. The van der Waals surface area contributed by atoms with Crippen molar-refractivity contribution in [1.82, 2.24) is 9.97 Å². The molecule has 0 spiro atoms. The molecule has 0 radical (unpaired) electrons. The Morgan fingerprint density at radius 1 is 1.25 bits per heavy atom. The largest absolute Gasteiger partial charge is 0.255 e. The van der Waals surface area contributed by atoms with E-state index >= 15 is 0 Å². The van der Waals surface area contributed by atoms with Gasteiger partial charge in [0.05, 0.1) is 11.9 Å². The molecule has 0 aliphatic carbocycles. The van der Waals surface area contributed by atoms with Crippen molar-refractivity contribution in [1.29, 1.82) is 0 Å². The molecule has 0 aliphatic heterocycles. The Bertz CT molecular complexity index is 292. The van der Waals surface area contributed by atoms with Crippen molar-refractivity contribution in [2.24, 2.45) is 0 Å². The van der Waals surface area contributed by atoms with Gasteiger partial charge in [-0.25, -0.2) is 4.98 Å². The smallest absolute Gasteiger partial charge is 0.129 e. The molecule has 1 aromatic rings. The van der Waals surface area contributed by atoms with Crippen molar-refractivity contribution in [2.75, 3.05) is 0 Å². The van der Waals surface area contributed by atoms with Crippen molar-refractivity contribution >= 4 is 31.9 Å². The third-order valence-electron chi connectivity index (χ3n) is 1.41. The van der Waals surface area contributed by atoms with E-state index in [2.05, 4.69) is 62.6 Å². The van der Waals surface area contributed by atoms with Gasteiger partial charge in [0.2, 0.25) is 0 Å². The topological polar surface area (TPSA) is 25.8 Å². The fourth-order valence-electron chi connectivity index (χ4n) is 0.850. The number of halogens is 2. The third-order valence-corrected chi connectivity index (χ3v) is 2.35. The molecular weight excluding hydrogens is 284 g/mol. The van der Waals surface area contributed by atoms with Crippen molar-refractivity contribution < 1.29 is 0 Å². The molecule has 0 N–H and O–H groups in total. The van der Waals surface area contributed by atoms with Crippen molar-refractivity contribution in [3.8, 4) is 0 Å². The lowest BCUT2D eigenvalue weighted by Gasteiger charge is -2.18. The minimum absolute atomic E-state index is 0.0343. The summed E-state index contributed by atoms with van der Waals surface area (Å²) in [6.45, 7) is 6.32. The third kappa shape index (κ3) is 2.26. The highest BCUT2D eigenvalue weighted by molar-refractivity contribution is 9.11. The van der Waals surface area contributed by atoms with E-state index in [-0.39, 0.29) is 5.41 Å². The van der Waals surface area contributed by atoms with Gasteiger partial charge >= 0.3 is 0 Å². The molecule has 0 saturated heterocycles. The molecule has 0 unspecified atom stereocenters. The van der Waals surface area contributed by atoms with Crippen molar-refractivity contribution in [3.05, 3.63) is 21.1 Å². The quantitative estimate of drug-likeness (QED) is 0.733. The van der Waals surface area contributed by atoms with Crippen LogP contribution >= 0.6 is 31.9 Å². The van der Waals surface area contributed by atoms with Gasteiger partial charge in [-0.2, -0.15) is 0 Å². The predicted octanol–water partition coefficient (Wildman–Crippen LogP) is 3.30. The van der Waals surface area contributed by atoms with Crippen LogP contribution in [-0.4, -0.2) is 9.97 Å². The minimum Gasteiger partial charge on any atom is -0.255 e. The van der Waals surface area contributed by atoms with E-state index in [9.17, 15) is 0 Å². The second-order valence-corrected chi connectivity index (χ2v) is 5.15. The number of rotatable bonds is 0. The maximum atomic E-state index is 4.29. The monoisotopic (exact) mass is 292 g/mol. The van der Waals surface area contributed by atoms with Crippen LogP contribution in [0, 0.1) is 0 Å². The zero-order chi connectivity index (χ0) is 9.35. The summed E-state index contributed by atoms with van der Waals surface area (Å²) in [6.07, 6.45) is 1.71. The highest BCUT2D eigenvalue weighted by Gasteiger charge is 2.19. The maximum Gasteiger partial charge on any atom is 0.129 e. The molecule has 0 amide bonds. The van der Waals surface area contributed by atoms with E-state index in [0.29, 0.717) is 0 Å². The van der Waals surface area contributed by atoms with E-state index in [1.165, 1.54) is 0 Å². The summed E-state index contributed by atoms with van der Waals surface area (Å²) in [6, 6.07) is 0. The van der Waals surface area contributed by atoms with Crippen LogP contribution in [-0.2, 0) is 5.41 Å². The molecule has 1 rings (SSSR count). The summed E-state index contributed by atoms with van der Waals surface area (Å²) >= 11 is 6.64. The van der Waals surface area contributed by atoms with E-state index < -0.39 is 0 Å². The van der Waals surface area contributed by atoms with Crippen molar-refractivity contribution in [2.45, 2.75) is 26.2 Å². The lowest BCUT2D eigenvalue weighted by atomic mass is 9.93. The van der Waals surface area contributed by atoms with Crippen LogP contribution in [0.5, 0.6) is 0 Å². The number of aromatic nitrogens is 2. The average Bonchev–Trinajstić information content (AvgIpc) is 1.83. The van der Waals surface area contributed by atoms with Crippen molar-refractivity contribution in [3.63, 3.8) is 0 Å². The number of nitrogens with zero attached hydrogens (tertiary/aromatic N) is 2. The van der Waals surface area contributed by atoms with E-state index in [1.54, 1.807) is 6.20 Å². The Hall–Kier alpha value is 0.0400. The lowest BCUT2D eigenvalue weighted by Crippen LogP contribution is -2.15. The van der Waals surface area contributed by atoms with Gasteiger partial charge in [-0.3, -0.25) is 4.98 Å². The van der Waals surface area contributed by atoms with Gasteiger partial charge in [-0.1, -0.05) is 20.8 Å². The molecule has 4 heteroatoms. The first-order chi connectivity index (χ1) is 5.41. The van der Waals surface area contributed by atoms with E-state index in [1.807, 2.05) is 0 Å². The van der Waals surface area contributed by atoms with Crippen LogP contribution in [0.2, 0.25) is 0 Å². The van der Waals surface area contributed by atoms with Crippen LogP contribution in [0.15, 0.2) is 15.4 Å². The molecule has 0 saturated carbocycles. The first kappa shape index (κ1) is 10.1. The second kappa shape index (κ2) is 3.42. The standard InChI is InChI=1S/C8H10Br2N2/c1-8(2,3)6-7(10)12-5(9)4-11-6/h4H,1-3H3. The van der Waals surface area contributed by atoms with Crippen LogP contribution in [0.4, 0.5) is 0 Å². The lowest BCUT2D eigenvalue weighted by molar-refractivity contribution is 0.560. The fourth-order valence-corrected chi connectivity index (χ4v) is 2.26. The molecule has 0 bridgehead atoms. The minimum atomic E-state index is 0.0343. The summed E-state index contributed by atoms with van der Waals surface area (Å²) in [4.78, 5) is 8.50. The van der Waals surface area contributed by atoms with Gasteiger partial charge < -0.3 is 0 Å². The number of hydrogen-bond donors (Lipinski definition) is 0. The van der Waals surface area contributed by atoms with Gasteiger partial charge in [0.25, 0.3) is 0 Å². The predicted molar refractivity (Wildman–Crippen MR) is 56.1 cm³/mol. The molecule has 0 atom stereocenters. The molecule has 2 nitrogen and oxygen atoms in total. The molecule has 12 heavy (non-hydrogen) atoms. The zero-order valence-electron chi connectivity index (χ0n) is 7.23. The van der Waals surface area contributed by atoms with Gasteiger partial charge in [0.1, 0.15) is 9.21 Å². The molecule has 66 valence electrons. The summed E-state index contributed by atoms with van der Waals surface area (Å²) in [5.41, 5.74) is 1.01. The maximum absolute atomic E-state index is 4.29. The Kier molecular flexibility index (Phi) is 2.88. The van der Waals surface area contributed by atoms with Gasteiger partial charge in [-0.05, 0) is 31.9 Å². The normalized spacial score (nSPS) is 11.8. The number of hydrogen-bond acceptors (Lipinski definition) is 2. The molecule has 0 aliphatic rings. The second-order valence-electron chi connectivity index (χ2n) is 3.58. The molecule has 1 aromatic heterocycles. The fraction of sp³-hybridized carbons (Fsp3) is 0.500. The Balaban J connectivity index is 3.19. The highest BCUT2D eigenvalue weighted by atomic mass is 79.9. The summed E-state index contributed by atoms with van der Waals surface area (Å²) < 4.78 is 1.56. The van der Waals surface area contributed by atoms with Gasteiger partial charge in [0.15, 0.2) is 0 Å². The molecular formula is C8H10Br2N2. The van der Waals surface area contributed by atoms with Crippen LogP contribution < -0.4 is 0 Å². The van der Waals surface area contributed by atoms with Crippen LogP contribution in [0.25, 0.3) is 0 Å². The Morgan fingerprint density at radius 3 is 2.25 bits per heavy atom. The summed E-state index contributed by atoms with van der Waals surface area (Å²) in [7, 11) is 0. The molecule has 0 aromatic carbocycles. The SMILES string of the molecule is CC(C)(C)c1ncc(Br)nc1Br. The summed E-state index contributed by atoms with van der Waals surface area (Å²) in [5, 5.41) is 0. The average molecular weight is 294 g/mol. The molecule has 0 fully saturated rings. The van der Waals surface area contributed by atoms with E-state index in [0.717, 1.165) is 14.9 Å². The first-order valence-electron chi connectivity index (χ1n) is 3.60. The zero-order valence-corrected chi connectivity index (χ0v) is 10.4. The van der Waals surface area contributed by atoms with Gasteiger partial charge in [0, 0.05) is 5.41 Å².